The molecule has 0 aromatic heterocycles. The number of rotatable bonds is 2. The topological polar surface area (TPSA) is 64.3 Å². The lowest BCUT2D eigenvalue weighted by atomic mass is 9.77. The van der Waals surface area contributed by atoms with Crippen molar-refractivity contribution < 1.29 is 9.53 Å². The van der Waals surface area contributed by atoms with Gasteiger partial charge < -0.3 is 15.8 Å². The molecule has 4 heteroatoms. The van der Waals surface area contributed by atoms with Crippen LogP contribution in [0.5, 0.6) is 5.75 Å². The number of benzene rings is 1. The Morgan fingerprint density at radius 3 is 2.94 bits per heavy atom. The fourth-order valence-corrected chi connectivity index (χ4v) is 2.52. The number of anilines is 1. The lowest BCUT2D eigenvalue weighted by Crippen LogP contribution is -2.26. The van der Waals surface area contributed by atoms with E-state index >= 15 is 0 Å². The molecule has 0 bridgehead atoms. The van der Waals surface area contributed by atoms with E-state index in [0.717, 1.165) is 17.0 Å². The summed E-state index contributed by atoms with van der Waals surface area (Å²) >= 11 is 0. The van der Waals surface area contributed by atoms with Gasteiger partial charge in [0.2, 0.25) is 5.91 Å². The van der Waals surface area contributed by atoms with Crippen molar-refractivity contribution >= 4 is 11.6 Å². The maximum atomic E-state index is 11.5. The van der Waals surface area contributed by atoms with Crippen LogP contribution in [0.15, 0.2) is 18.2 Å². The van der Waals surface area contributed by atoms with Crippen LogP contribution in [0.3, 0.4) is 0 Å². The molecule has 1 atom stereocenters. The molecule has 4 nitrogen and oxygen atoms in total. The highest BCUT2D eigenvalue weighted by Gasteiger charge is 2.26. The Morgan fingerprint density at radius 2 is 2.22 bits per heavy atom. The van der Waals surface area contributed by atoms with Crippen molar-refractivity contribution in [2.24, 2.45) is 11.7 Å². The van der Waals surface area contributed by atoms with E-state index in [4.69, 9.17) is 10.5 Å². The number of carbonyl (C=O) groups is 1. The molecule has 1 aromatic rings. The van der Waals surface area contributed by atoms with Crippen LogP contribution < -0.4 is 15.8 Å². The van der Waals surface area contributed by atoms with E-state index in [1.807, 2.05) is 18.2 Å². The van der Waals surface area contributed by atoms with Crippen LogP contribution in [0.4, 0.5) is 5.69 Å². The molecule has 1 aromatic carbocycles. The SMILES string of the molecule is NC(c1ccc2c(c1)NC(=O)CCO2)C1CCC1. The summed E-state index contributed by atoms with van der Waals surface area (Å²) in [6.45, 7) is 0.437. The van der Waals surface area contributed by atoms with E-state index in [2.05, 4.69) is 5.32 Å². The molecule has 1 unspecified atom stereocenters. The van der Waals surface area contributed by atoms with E-state index < -0.39 is 0 Å². The Hall–Kier alpha value is -1.55. The summed E-state index contributed by atoms with van der Waals surface area (Å²) in [5.74, 6) is 1.33. The smallest absolute Gasteiger partial charge is 0.227 e. The van der Waals surface area contributed by atoms with Gasteiger partial charge in [0.15, 0.2) is 0 Å². The monoisotopic (exact) mass is 246 g/mol. The zero-order valence-electron chi connectivity index (χ0n) is 10.3. The third-order valence-electron chi connectivity index (χ3n) is 3.91. The van der Waals surface area contributed by atoms with Gasteiger partial charge in [-0.15, -0.1) is 0 Å². The van der Waals surface area contributed by atoms with Crippen LogP contribution in [-0.4, -0.2) is 12.5 Å². The number of carbonyl (C=O) groups excluding carboxylic acids is 1. The zero-order chi connectivity index (χ0) is 12.5. The molecule has 18 heavy (non-hydrogen) atoms. The van der Waals surface area contributed by atoms with Gasteiger partial charge in [-0.25, -0.2) is 0 Å². The maximum Gasteiger partial charge on any atom is 0.227 e. The molecule has 3 rings (SSSR count). The molecule has 0 saturated heterocycles. The van der Waals surface area contributed by atoms with Crippen LogP contribution >= 0.6 is 0 Å². The Morgan fingerprint density at radius 1 is 1.39 bits per heavy atom. The van der Waals surface area contributed by atoms with E-state index in [9.17, 15) is 4.79 Å². The Balaban J connectivity index is 1.86. The van der Waals surface area contributed by atoms with Crippen LogP contribution in [0.2, 0.25) is 0 Å². The molecule has 1 aliphatic carbocycles. The fraction of sp³-hybridized carbons (Fsp3) is 0.500. The first-order chi connectivity index (χ1) is 8.74. The Labute approximate surface area is 107 Å². The number of ether oxygens (including phenoxy) is 1. The van der Waals surface area contributed by atoms with Crippen molar-refractivity contribution in [1.82, 2.24) is 0 Å². The number of fused-ring (bicyclic) bond motifs is 1. The van der Waals surface area contributed by atoms with Crippen molar-refractivity contribution in [3.8, 4) is 5.75 Å². The summed E-state index contributed by atoms with van der Waals surface area (Å²) in [5.41, 5.74) is 8.10. The molecule has 96 valence electrons. The van der Waals surface area contributed by atoms with Crippen molar-refractivity contribution in [2.45, 2.75) is 31.7 Å². The van der Waals surface area contributed by atoms with Crippen molar-refractivity contribution in [1.29, 1.82) is 0 Å². The quantitative estimate of drug-likeness (QED) is 0.840. The van der Waals surface area contributed by atoms with Crippen LogP contribution in [0, 0.1) is 5.92 Å². The zero-order valence-corrected chi connectivity index (χ0v) is 10.3. The van der Waals surface area contributed by atoms with Gasteiger partial charge in [-0.05, 0) is 36.5 Å². The van der Waals surface area contributed by atoms with Crippen molar-refractivity contribution in [3.05, 3.63) is 23.8 Å². The Kier molecular flexibility index (Phi) is 2.96. The molecule has 1 fully saturated rings. The summed E-state index contributed by atoms with van der Waals surface area (Å²) < 4.78 is 5.53. The summed E-state index contributed by atoms with van der Waals surface area (Å²) in [6.07, 6.45) is 4.10. The van der Waals surface area contributed by atoms with Gasteiger partial charge in [0.25, 0.3) is 0 Å². The molecule has 1 heterocycles. The molecule has 0 radical (unpaired) electrons. The summed E-state index contributed by atoms with van der Waals surface area (Å²) in [7, 11) is 0. The van der Waals surface area contributed by atoms with Crippen LogP contribution in [-0.2, 0) is 4.79 Å². The second kappa shape index (κ2) is 4.61. The largest absolute Gasteiger partial charge is 0.491 e. The second-order valence-electron chi connectivity index (χ2n) is 5.12. The minimum atomic E-state index is 0.00288. The maximum absolute atomic E-state index is 11.5. The van der Waals surface area contributed by atoms with E-state index in [1.165, 1.54) is 19.3 Å². The average molecular weight is 246 g/mol. The highest BCUT2D eigenvalue weighted by atomic mass is 16.5. The van der Waals surface area contributed by atoms with Gasteiger partial charge in [-0.1, -0.05) is 12.5 Å². The van der Waals surface area contributed by atoms with Crippen LogP contribution in [0.1, 0.15) is 37.3 Å². The summed E-state index contributed by atoms with van der Waals surface area (Å²) in [6, 6.07) is 5.96. The number of amides is 1. The average Bonchev–Trinajstić information content (AvgIpc) is 2.46. The molecule has 1 amide bonds. The number of nitrogens with one attached hydrogen (secondary N) is 1. The molecule has 2 aliphatic rings. The van der Waals surface area contributed by atoms with Gasteiger partial charge in [-0.2, -0.15) is 0 Å². The van der Waals surface area contributed by atoms with E-state index in [0.29, 0.717) is 18.9 Å². The minimum Gasteiger partial charge on any atom is -0.491 e. The third kappa shape index (κ3) is 2.08. The predicted octanol–water partition coefficient (Wildman–Crippen LogP) is 2.21. The first-order valence-corrected chi connectivity index (χ1v) is 6.56. The highest BCUT2D eigenvalue weighted by molar-refractivity contribution is 5.93. The third-order valence-corrected chi connectivity index (χ3v) is 3.91. The summed E-state index contributed by atoms with van der Waals surface area (Å²) in [5, 5.41) is 2.87. The second-order valence-corrected chi connectivity index (χ2v) is 5.12. The van der Waals surface area contributed by atoms with Gasteiger partial charge in [0.1, 0.15) is 5.75 Å². The first-order valence-electron chi connectivity index (χ1n) is 6.56. The van der Waals surface area contributed by atoms with E-state index in [1.54, 1.807) is 0 Å². The highest BCUT2D eigenvalue weighted by Crippen LogP contribution is 2.38. The number of hydrogen-bond acceptors (Lipinski definition) is 3. The molecular weight excluding hydrogens is 228 g/mol. The fourth-order valence-electron chi connectivity index (χ4n) is 2.52. The molecule has 0 spiro atoms. The summed E-state index contributed by atoms with van der Waals surface area (Å²) in [4.78, 5) is 11.5. The normalized spacial score (nSPS) is 21.1. The standard InChI is InChI=1S/C14H18N2O2/c15-14(9-2-1-3-9)10-4-5-12-11(8-10)16-13(17)6-7-18-12/h4-5,8-9,14H,1-3,6-7,15H2,(H,16,17). The Bertz CT molecular complexity index is 469. The minimum absolute atomic E-state index is 0.00288. The van der Waals surface area contributed by atoms with Crippen molar-refractivity contribution in [2.75, 3.05) is 11.9 Å². The first kappa shape index (κ1) is 11.5. The van der Waals surface area contributed by atoms with Gasteiger partial charge >= 0.3 is 0 Å². The van der Waals surface area contributed by atoms with Gasteiger partial charge in [-0.3, -0.25) is 4.79 Å². The van der Waals surface area contributed by atoms with Crippen molar-refractivity contribution in [3.63, 3.8) is 0 Å². The molecular formula is C14H18N2O2. The molecule has 3 N–H and O–H groups in total. The predicted molar refractivity (Wildman–Crippen MR) is 69.5 cm³/mol. The lowest BCUT2D eigenvalue weighted by molar-refractivity contribution is -0.116. The van der Waals surface area contributed by atoms with Gasteiger partial charge in [0, 0.05) is 6.04 Å². The number of nitrogens with two attached hydrogens (primary N) is 1. The lowest BCUT2D eigenvalue weighted by Gasteiger charge is -2.31. The molecule has 1 saturated carbocycles. The van der Waals surface area contributed by atoms with Gasteiger partial charge in [0.05, 0.1) is 18.7 Å². The number of hydrogen-bond donors (Lipinski definition) is 2. The van der Waals surface area contributed by atoms with Crippen LogP contribution in [0.25, 0.3) is 0 Å². The molecule has 1 aliphatic heterocycles. The van der Waals surface area contributed by atoms with E-state index in [-0.39, 0.29) is 11.9 Å².